The van der Waals surface area contributed by atoms with Crippen LogP contribution in [0.4, 0.5) is 36.2 Å². The Morgan fingerprint density at radius 1 is 1.11 bits per heavy atom. The first-order valence-corrected chi connectivity index (χ1v) is 12.9. The second-order valence-corrected chi connectivity index (χ2v) is 10.0. The molecule has 0 saturated carbocycles. The quantitative estimate of drug-likeness (QED) is 0.290. The van der Waals surface area contributed by atoms with Crippen LogP contribution in [0.5, 0.6) is 0 Å². The van der Waals surface area contributed by atoms with Crippen LogP contribution >= 0.6 is 11.8 Å². The van der Waals surface area contributed by atoms with Gasteiger partial charge in [-0.2, -0.15) is 18.4 Å². The first-order chi connectivity index (χ1) is 17.4. The number of nitrogens with zero attached hydrogens (tertiary/aromatic N) is 4. The van der Waals surface area contributed by atoms with Crippen molar-refractivity contribution in [3.63, 3.8) is 0 Å². The highest BCUT2D eigenvalue weighted by atomic mass is 32.2. The molecule has 1 heterocycles. The first-order valence-electron chi connectivity index (χ1n) is 10.2. The van der Waals surface area contributed by atoms with Crippen LogP contribution in [0.15, 0.2) is 64.6 Å². The van der Waals surface area contributed by atoms with Crippen molar-refractivity contribution in [3.05, 3.63) is 60.4 Å². The molecule has 0 amide bonds. The number of alkyl halides is 3. The molecule has 2 aromatic carbocycles. The average Bonchev–Trinajstić information content (AvgIpc) is 2.85. The summed E-state index contributed by atoms with van der Waals surface area (Å²) in [7, 11) is -3.93. The summed E-state index contributed by atoms with van der Waals surface area (Å²) in [4.78, 5) is 23.5. The van der Waals surface area contributed by atoms with E-state index in [2.05, 4.69) is 31.5 Å². The maximum atomic E-state index is 12.7. The number of nitriles is 1. The smallest absolute Gasteiger partial charge is 0.345 e. The van der Waals surface area contributed by atoms with Crippen LogP contribution in [0, 0.1) is 11.3 Å². The zero-order chi connectivity index (χ0) is 27.2. The van der Waals surface area contributed by atoms with Gasteiger partial charge in [0.25, 0.3) is 10.0 Å². The average molecular weight is 553 g/mol. The lowest BCUT2D eigenvalue weighted by Crippen LogP contribution is -2.36. The maximum absolute atomic E-state index is 12.7. The Balaban J connectivity index is 1.83. The molecule has 0 saturated heterocycles. The lowest BCUT2D eigenvalue weighted by molar-refractivity contribution is -0.219. The van der Waals surface area contributed by atoms with E-state index in [-0.39, 0.29) is 16.6 Å². The molecule has 1 aromatic heterocycles. The normalized spacial score (nSPS) is 11.6. The number of hydroxylamine groups is 1. The van der Waals surface area contributed by atoms with Gasteiger partial charge in [0.2, 0.25) is 0 Å². The molecule has 3 rings (SSSR count). The number of carbonyl (C=O) groups is 1. The largest absolute Gasteiger partial charge is 0.492 e. The van der Waals surface area contributed by atoms with Crippen molar-refractivity contribution in [2.75, 3.05) is 23.9 Å². The fraction of sp³-hybridized carbons (Fsp3) is 0.182. The van der Waals surface area contributed by atoms with E-state index in [9.17, 15) is 26.4 Å². The molecule has 194 valence electrons. The van der Waals surface area contributed by atoms with E-state index in [1.165, 1.54) is 36.3 Å². The Labute approximate surface area is 214 Å². The van der Waals surface area contributed by atoms with Gasteiger partial charge in [0.15, 0.2) is 0 Å². The van der Waals surface area contributed by atoms with E-state index in [1.54, 1.807) is 36.6 Å². The molecule has 2 N–H and O–H groups in total. The highest BCUT2D eigenvalue weighted by Gasteiger charge is 2.43. The number of rotatable bonds is 9. The third-order valence-electron chi connectivity index (χ3n) is 4.69. The maximum Gasteiger partial charge on any atom is 0.492 e. The number of benzene rings is 2. The van der Waals surface area contributed by atoms with E-state index in [0.717, 1.165) is 5.56 Å². The minimum atomic E-state index is -5.36. The molecule has 3 aromatic rings. The van der Waals surface area contributed by atoms with E-state index >= 15 is 0 Å². The Kier molecular flexibility index (Phi) is 8.58. The van der Waals surface area contributed by atoms with Crippen molar-refractivity contribution < 1.29 is 31.2 Å². The molecular formula is C22H19F3N6O4S2. The predicted octanol–water partition coefficient (Wildman–Crippen LogP) is 4.39. The van der Waals surface area contributed by atoms with E-state index in [0.29, 0.717) is 29.3 Å². The van der Waals surface area contributed by atoms with Gasteiger partial charge in [0.1, 0.15) is 18.0 Å². The molecule has 0 atom stereocenters. The van der Waals surface area contributed by atoms with Gasteiger partial charge in [0.05, 0.1) is 23.1 Å². The number of carbonyl (C=O) groups excluding carboxylic acids is 1. The van der Waals surface area contributed by atoms with Crippen molar-refractivity contribution in [1.82, 2.24) is 14.4 Å². The van der Waals surface area contributed by atoms with Crippen LogP contribution in [0.3, 0.4) is 0 Å². The number of thioether (sulfide) groups is 1. The third-order valence-corrected chi connectivity index (χ3v) is 7.09. The van der Waals surface area contributed by atoms with E-state index in [4.69, 9.17) is 5.26 Å². The lowest BCUT2D eigenvalue weighted by atomic mass is 10.1. The zero-order valence-electron chi connectivity index (χ0n) is 19.3. The second-order valence-electron chi connectivity index (χ2n) is 7.22. The van der Waals surface area contributed by atoms with E-state index < -0.39 is 27.1 Å². The van der Waals surface area contributed by atoms with Gasteiger partial charge < -0.3 is 15.5 Å². The molecule has 0 aliphatic heterocycles. The molecule has 37 heavy (non-hydrogen) atoms. The van der Waals surface area contributed by atoms with Crippen LogP contribution < -0.4 is 10.6 Å². The third kappa shape index (κ3) is 7.09. The summed E-state index contributed by atoms with van der Waals surface area (Å²) in [5.41, 5.74) is 1.85. The number of hydrogen-bond acceptors (Lipinski definition) is 10. The molecule has 0 spiro atoms. The molecule has 0 fully saturated rings. The fourth-order valence-corrected chi connectivity index (χ4v) is 4.39. The molecule has 15 heteroatoms. The molecule has 10 nitrogen and oxygen atoms in total. The summed E-state index contributed by atoms with van der Waals surface area (Å²) >= 11 is 1.28. The number of anilines is 4. The summed E-state index contributed by atoms with van der Waals surface area (Å²) < 4.78 is 62.7. The minimum Gasteiger partial charge on any atom is -0.345 e. The molecule has 0 aliphatic rings. The van der Waals surface area contributed by atoms with Crippen LogP contribution in [0.1, 0.15) is 5.56 Å². The first kappa shape index (κ1) is 27.7. The molecule has 0 aliphatic carbocycles. The topological polar surface area (TPSA) is 137 Å². The monoisotopic (exact) mass is 552 g/mol. The number of hydrogen-bond donors (Lipinski definition) is 2. The number of halogens is 3. The lowest BCUT2D eigenvalue weighted by Gasteiger charge is -2.18. The summed E-state index contributed by atoms with van der Waals surface area (Å²) in [5, 5.41) is 14.8. The van der Waals surface area contributed by atoms with Gasteiger partial charge in [-0.05, 0) is 46.6 Å². The standard InChI is InChI=1S/C22H19F3N6O4S2/c1-31(35-21(32)22(23,24)25)37(33,34)16-7-8-18(36-2)17(11-16)30-20-12-19(27-13-28-20)29-15-5-3-14(4-6-15)9-10-26/h3-8,11-13H,9H2,1-2H3,(H2,27,28,29,30). The molecule has 0 bridgehead atoms. The summed E-state index contributed by atoms with van der Waals surface area (Å²) in [6.07, 6.45) is -2.06. The van der Waals surface area contributed by atoms with Gasteiger partial charge in [0, 0.05) is 23.7 Å². The second kappa shape index (κ2) is 11.5. The number of sulfonamides is 1. The van der Waals surface area contributed by atoms with Gasteiger partial charge in [-0.25, -0.2) is 23.2 Å². The van der Waals surface area contributed by atoms with Gasteiger partial charge >= 0.3 is 12.1 Å². The van der Waals surface area contributed by atoms with Crippen LogP contribution in [-0.4, -0.2) is 48.3 Å². The van der Waals surface area contributed by atoms with Crippen molar-refractivity contribution >= 4 is 50.8 Å². The van der Waals surface area contributed by atoms with Gasteiger partial charge in [-0.3, -0.25) is 0 Å². The van der Waals surface area contributed by atoms with Crippen LogP contribution in [0.2, 0.25) is 0 Å². The summed E-state index contributed by atoms with van der Waals surface area (Å²) in [6, 6.07) is 14.6. The van der Waals surface area contributed by atoms with Crippen LogP contribution in [-0.2, 0) is 26.1 Å². The predicted molar refractivity (Wildman–Crippen MR) is 130 cm³/mol. The summed E-state index contributed by atoms with van der Waals surface area (Å²) in [6.45, 7) is 0. The molecular weight excluding hydrogens is 533 g/mol. The van der Waals surface area contributed by atoms with Gasteiger partial charge in [-0.1, -0.05) is 12.1 Å². The minimum absolute atomic E-state index is 0.144. The van der Waals surface area contributed by atoms with Crippen molar-refractivity contribution in [3.8, 4) is 6.07 Å². The van der Waals surface area contributed by atoms with Crippen LogP contribution in [0.25, 0.3) is 0 Å². The number of nitrogens with one attached hydrogen (secondary N) is 2. The SMILES string of the molecule is CSc1ccc(S(=O)(=O)N(C)OC(=O)C(F)(F)F)cc1Nc1cc(Nc2ccc(CC#N)cc2)ncn1. The fourth-order valence-electron chi connectivity index (χ4n) is 2.89. The Hall–Kier alpha value is -3.87. The Morgan fingerprint density at radius 3 is 2.35 bits per heavy atom. The Morgan fingerprint density at radius 2 is 1.76 bits per heavy atom. The summed E-state index contributed by atoms with van der Waals surface area (Å²) in [5.74, 6) is -1.96. The molecule has 0 radical (unpaired) electrons. The van der Waals surface area contributed by atoms with Crippen molar-refractivity contribution in [2.24, 2.45) is 0 Å². The van der Waals surface area contributed by atoms with Crippen molar-refractivity contribution in [2.45, 2.75) is 22.4 Å². The number of aromatic nitrogens is 2. The highest BCUT2D eigenvalue weighted by molar-refractivity contribution is 7.98. The zero-order valence-corrected chi connectivity index (χ0v) is 20.9. The molecule has 0 unspecified atom stereocenters. The van der Waals surface area contributed by atoms with Gasteiger partial charge in [-0.15, -0.1) is 11.8 Å². The van der Waals surface area contributed by atoms with E-state index in [1.807, 2.05) is 0 Å². The Bertz CT molecular complexity index is 1430. The van der Waals surface area contributed by atoms with Crippen molar-refractivity contribution in [1.29, 1.82) is 5.26 Å². The highest BCUT2D eigenvalue weighted by Crippen LogP contribution is 2.32.